The molecule has 4 nitrogen and oxygen atoms in total. The summed E-state index contributed by atoms with van der Waals surface area (Å²) in [6, 6.07) is 4.74. The molecule has 6 heteroatoms. The van der Waals surface area contributed by atoms with Crippen LogP contribution in [-0.4, -0.2) is 15.0 Å². The highest BCUT2D eigenvalue weighted by Crippen LogP contribution is 2.22. The molecule has 0 heterocycles. The maximum absolute atomic E-state index is 12.0. The molecular formula is C12H19ClN2O2S. The molecule has 0 fully saturated rings. The average molecular weight is 291 g/mol. The highest BCUT2D eigenvalue weighted by atomic mass is 35.5. The Bertz CT molecular complexity index is 501. The van der Waals surface area contributed by atoms with Crippen LogP contribution in [0.25, 0.3) is 0 Å². The zero-order valence-electron chi connectivity index (χ0n) is 10.6. The predicted molar refractivity (Wildman–Crippen MR) is 74.0 cm³/mol. The fourth-order valence-corrected chi connectivity index (χ4v) is 3.06. The molecule has 0 radical (unpaired) electrons. The van der Waals surface area contributed by atoms with Crippen molar-refractivity contribution in [3.8, 4) is 0 Å². The van der Waals surface area contributed by atoms with Crippen LogP contribution in [0.1, 0.15) is 25.8 Å². The molecule has 0 aliphatic heterocycles. The summed E-state index contributed by atoms with van der Waals surface area (Å²) in [5.41, 5.74) is 6.27. The summed E-state index contributed by atoms with van der Waals surface area (Å²) in [6.07, 6.45) is 0.789. The van der Waals surface area contributed by atoms with Crippen LogP contribution >= 0.6 is 11.6 Å². The molecule has 0 saturated heterocycles. The first-order valence-corrected chi connectivity index (χ1v) is 7.71. The second-order valence-corrected chi connectivity index (χ2v) is 6.69. The van der Waals surface area contributed by atoms with E-state index in [4.69, 9.17) is 17.3 Å². The molecule has 102 valence electrons. The van der Waals surface area contributed by atoms with Gasteiger partial charge in [0.2, 0.25) is 10.0 Å². The molecule has 0 aliphatic rings. The van der Waals surface area contributed by atoms with Crippen molar-refractivity contribution in [2.24, 2.45) is 11.7 Å². The van der Waals surface area contributed by atoms with Crippen LogP contribution in [0.4, 0.5) is 0 Å². The average Bonchev–Trinajstić information content (AvgIpc) is 2.27. The molecule has 1 aromatic rings. The van der Waals surface area contributed by atoms with E-state index < -0.39 is 10.0 Å². The topological polar surface area (TPSA) is 72.2 Å². The van der Waals surface area contributed by atoms with E-state index in [1.807, 2.05) is 13.8 Å². The van der Waals surface area contributed by atoms with Crippen molar-refractivity contribution in [2.45, 2.75) is 31.7 Å². The van der Waals surface area contributed by atoms with E-state index >= 15 is 0 Å². The molecule has 0 unspecified atom stereocenters. The lowest BCUT2D eigenvalue weighted by molar-refractivity contribution is 0.551. The van der Waals surface area contributed by atoms with Crippen LogP contribution in [0, 0.1) is 5.92 Å². The van der Waals surface area contributed by atoms with Crippen molar-refractivity contribution in [3.05, 3.63) is 28.8 Å². The summed E-state index contributed by atoms with van der Waals surface area (Å²) in [6.45, 7) is 4.82. The van der Waals surface area contributed by atoms with Gasteiger partial charge in [0.1, 0.15) is 4.90 Å². The Labute approximate surface area is 114 Å². The van der Waals surface area contributed by atoms with Gasteiger partial charge in [-0.15, -0.1) is 0 Å². The maximum atomic E-state index is 12.0. The van der Waals surface area contributed by atoms with Crippen molar-refractivity contribution in [2.75, 3.05) is 6.54 Å². The molecule has 1 rings (SSSR count). The van der Waals surface area contributed by atoms with Gasteiger partial charge in [-0.1, -0.05) is 31.5 Å². The number of nitrogens with one attached hydrogen (secondary N) is 1. The standard InChI is InChI=1S/C12H19ClN2O2S/c1-9(2)5-6-15-18(16,17)12-4-3-10(8-14)7-11(12)13/h3-4,7,9,15H,5-6,8,14H2,1-2H3. The highest BCUT2D eigenvalue weighted by molar-refractivity contribution is 7.89. The van der Waals surface area contributed by atoms with Gasteiger partial charge in [0.25, 0.3) is 0 Å². The molecule has 0 spiro atoms. The number of hydrogen-bond acceptors (Lipinski definition) is 3. The Morgan fingerprint density at radius 3 is 2.56 bits per heavy atom. The number of hydrogen-bond donors (Lipinski definition) is 2. The molecule has 3 N–H and O–H groups in total. The minimum absolute atomic E-state index is 0.102. The van der Waals surface area contributed by atoms with Crippen molar-refractivity contribution in [3.63, 3.8) is 0 Å². The van der Waals surface area contributed by atoms with Crippen LogP contribution in [0.3, 0.4) is 0 Å². The molecule has 0 atom stereocenters. The zero-order chi connectivity index (χ0) is 13.8. The largest absolute Gasteiger partial charge is 0.326 e. The van der Waals surface area contributed by atoms with Crippen molar-refractivity contribution >= 4 is 21.6 Å². The number of benzene rings is 1. The molecular weight excluding hydrogens is 272 g/mol. The zero-order valence-corrected chi connectivity index (χ0v) is 12.2. The summed E-state index contributed by atoms with van der Waals surface area (Å²) in [7, 11) is -3.53. The Kier molecular flexibility index (Phi) is 5.59. The Morgan fingerprint density at radius 1 is 1.39 bits per heavy atom. The quantitative estimate of drug-likeness (QED) is 0.843. The van der Waals surface area contributed by atoms with Crippen LogP contribution < -0.4 is 10.5 Å². The lowest BCUT2D eigenvalue weighted by Crippen LogP contribution is -2.26. The van der Waals surface area contributed by atoms with Gasteiger partial charge in [-0.25, -0.2) is 13.1 Å². The van der Waals surface area contributed by atoms with Crippen LogP contribution in [0.2, 0.25) is 5.02 Å². The third-order valence-corrected chi connectivity index (χ3v) is 4.48. The molecule has 0 bridgehead atoms. The van der Waals surface area contributed by atoms with Crippen LogP contribution in [0.15, 0.2) is 23.1 Å². The summed E-state index contributed by atoms with van der Waals surface area (Å²) >= 11 is 5.96. The van der Waals surface area contributed by atoms with Crippen molar-refractivity contribution < 1.29 is 8.42 Å². The maximum Gasteiger partial charge on any atom is 0.242 e. The number of sulfonamides is 1. The smallest absolute Gasteiger partial charge is 0.242 e. The van der Waals surface area contributed by atoms with E-state index in [0.29, 0.717) is 19.0 Å². The monoisotopic (exact) mass is 290 g/mol. The SMILES string of the molecule is CC(C)CCNS(=O)(=O)c1ccc(CN)cc1Cl. The van der Waals surface area contributed by atoms with E-state index in [0.717, 1.165) is 12.0 Å². The first-order chi connectivity index (χ1) is 8.36. The Balaban J connectivity index is 2.85. The predicted octanol–water partition coefficient (Wildman–Crippen LogP) is 2.12. The van der Waals surface area contributed by atoms with E-state index in [1.54, 1.807) is 12.1 Å². The van der Waals surface area contributed by atoms with Gasteiger partial charge in [0, 0.05) is 13.1 Å². The minimum Gasteiger partial charge on any atom is -0.326 e. The van der Waals surface area contributed by atoms with Crippen LogP contribution in [0.5, 0.6) is 0 Å². The molecule has 0 aliphatic carbocycles. The van der Waals surface area contributed by atoms with Gasteiger partial charge >= 0.3 is 0 Å². The summed E-state index contributed by atoms with van der Waals surface area (Å²) < 4.78 is 26.6. The van der Waals surface area contributed by atoms with Gasteiger partial charge in [-0.05, 0) is 30.0 Å². The lowest BCUT2D eigenvalue weighted by atomic mass is 10.1. The second-order valence-electron chi connectivity index (χ2n) is 4.55. The number of nitrogens with two attached hydrogens (primary N) is 1. The third-order valence-electron chi connectivity index (χ3n) is 2.54. The molecule has 0 saturated carbocycles. The summed E-state index contributed by atoms with van der Waals surface area (Å²) in [5.74, 6) is 0.447. The second kappa shape index (κ2) is 6.52. The fraction of sp³-hybridized carbons (Fsp3) is 0.500. The summed E-state index contributed by atoms with van der Waals surface area (Å²) in [4.78, 5) is 0.102. The third kappa shape index (κ3) is 4.24. The number of halogens is 1. The van der Waals surface area contributed by atoms with Crippen molar-refractivity contribution in [1.82, 2.24) is 4.72 Å². The molecule has 18 heavy (non-hydrogen) atoms. The fourth-order valence-electron chi connectivity index (χ4n) is 1.45. The Morgan fingerprint density at radius 2 is 2.06 bits per heavy atom. The molecule has 1 aromatic carbocycles. The van der Waals surface area contributed by atoms with Crippen molar-refractivity contribution in [1.29, 1.82) is 0 Å². The van der Waals surface area contributed by atoms with Crippen LogP contribution in [-0.2, 0) is 16.6 Å². The van der Waals surface area contributed by atoms with Gasteiger partial charge < -0.3 is 5.73 Å². The normalized spacial score (nSPS) is 12.1. The van der Waals surface area contributed by atoms with E-state index in [2.05, 4.69) is 4.72 Å². The number of rotatable bonds is 6. The van der Waals surface area contributed by atoms with E-state index in [1.165, 1.54) is 6.07 Å². The molecule has 0 aromatic heterocycles. The summed E-state index contributed by atoms with van der Waals surface area (Å²) in [5, 5.41) is 0.204. The van der Waals surface area contributed by atoms with Gasteiger partial charge in [-0.2, -0.15) is 0 Å². The van der Waals surface area contributed by atoms with Gasteiger partial charge in [0.05, 0.1) is 5.02 Å². The first kappa shape index (κ1) is 15.4. The minimum atomic E-state index is -3.53. The van der Waals surface area contributed by atoms with Gasteiger partial charge in [0.15, 0.2) is 0 Å². The Hall–Kier alpha value is -0.620. The van der Waals surface area contributed by atoms with E-state index in [-0.39, 0.29) is 9.92 Å². The molecule has 0 amide bonds. The highest BCUT2D eigenvalue weighted by Gasteiger charge is 2.17. The lowest BCUT2D eigenvalue weighted by Gasteiger charge is -2.10. The first-order valence-electron chi connectivity index (χ1n) is 5.85. The van der Waals surface area contributed by atoms with E-state index in [9.17, 15) is 8.42 Å². The van der Waals surface area contributed by atoms with Gasteiger partial charge in [-0.3, -0.25) is 0 Å².